The fourth-order valence-corrected chi connectivity index (χ4v) is 6.13. The Morgan fingerprint density at radius 2 is 1.88 bits per heavy atom. The number of amides is 1. The lowest BCUT2D eigenvalue weighted by molar-refractivity contribution is -0.131. The number of nitrogens with zero attached hydrogens (tertiary/aromatic N) is 2. The lowest BCUT2D eigenvalue weighted by atomic mass is 9.57. The molecular formula is C29H38N2O3. The number of esters is 1. The maximum Gasteiger partial charge on any atom is 0.308 e. The molecule has 2 unspecified atom stereocenters. The van der Waals surface area contributed by atoms with Crippen LogP contribution in [-0.4, -0.2) is 54.4 Å². The minimum absolute atomic E-state index is 0.0300. The Hall–Kier alpha value is -2.66. The number of piperidine rings is 1. The average Bonchev–Trinajstić information content (AvgIpc) is 2.82. The number of benzene rings is 2. The minimum atomic E-state index is -0.298. The molecule has 1 saturated carbocycles. The van der Waals surface area contributed by atoms with E-state index in [0.29, 0.717) is 17.6 Å². The van der Waals surface area contributed by atoms with Crippen LogP contribution in [0.3, 0.4) is 0 Å². The summed E-state index contributed by atoms with van der Waals surface area (Å²) in [6.07, 6.45) is 4.10. The quantitative estimate of drug-likeness (QED) is 0.440. The van der Waals surface area contributed by atoms with Gasteiger partial charge in [-0.05, 0) is 80.9 Å². The standard InChI is InChI=1S/C29H38N2O3/c1-21(2)19-31(28(33)23-9-6-5-7-10-23)26-14-13-25-20-30(4)16-15-29(25,18-26)24-11-8-12-27(17-24)34-22(3)32/h5-12,17,21,25-26H,13-16,18-20H2,1-4H3/t25?,26-,29?/m1/s1. The molecule has 5 heteroatoms. The Kier molecular flexibility index (Phi) is 7.42. The number of rotatable bonds is 6. The second-order valence-electron chi connectivity index (χ2n) is 10.6. The maximum absolute atomic E-state index is 13.7. The third-order valence-corrected chi connectivity index (χ3v) is 7.66. The van der Waals surface area contributed by atoms with Gasteiger partial charge in [0.25, 0.3) is 5.91 Å². The lowest BCUT2D eigenvalue weighted by Crippen LogP contribution is -2.56. The van der Waals surface area contributed by atoms with Crippen molar-refractivity contribution in [3.05, 3.63) is 65.7 Å². The summed E-state index contributed by atoms with van der Waals surface area (Å²) in [5.41, 5.74) is 1.97. The number of carbonyl (C=O) groups excluding carboxylic acids is 2. The molecule has 2 aliphatic rings. The molecule has 5 nitrogen and oxygen atoms in total. The number of hydrogen-bond acceptors (Lipinski definition) is 4. The number of hydrogen-bond donors (Lipinski definition) is 0. The van der Waals surface area contributed by atoms with Crippen LogP contribution in [0.15, 0.2) is 54.6 Å². The zero-order valence-electron chi connectivity index (χ0n) is 21.0. The molecule has 182 valence electrons. The van der Waals surface area contributed by atoms with Crippen molar-refractivity contribution < 1.29 is 14.3 Å². The molecule has 2 aromatic carbocycles. The van der Waals surface area contributed by atoms with E-state index in [9.17, 15) is 9.59 Å². The molecule has 1 aliphatic heterocycles. The highest BCUT2D eigenvalue weighted by molar-refractivity contribution is 5.94. The predicted molar refractivity (Wildman–Crippen MR) is 135 cm³/mol. The largest absolute Gasteiger partial charge is 0.427 e. The number of carbonyl (C=O) groups is 2. The molecular weight excluding hydrogens is 424 g/mol. The van der Waals surface area contributed by atoms with Gasteiger partial charge in [0.05, 0.1) is 0 Å². The number of likely N-dealkylation sites (tertiary alicyclic amines) is 1. The highest BCUT2D eigenvalue weighted by Gasteiger charge is 2.49. The van der Waals surface area contributed by atoms with Crippen LogP contribution in [0.4, 0.5) is 0 Å². The van der Waals surface area contributed by atoms with Crippen LogP contribution in [0.2, 0.25) is 0 Å². The molecule has 2 aromatic rings. The molecule has 1 heterocycles. The van der Waals surface area contributed by atoms with E-state index < -0.39 is 0 Å². The van der Waals surface area contributed by atoms with Crippen LogP contribution >= 0.6 is 0 Å². The Bertz CT molecular complexity index is 1010. The van der Waals surface area contributed by atoms with Gasteiger partial charge in [0, 0.05) is 37.0 Å². The minimum Gasteiger partial charge on any atom is -0.427 e. The molecule has 2 fully saturated rings. The monoisotopic (exact) mass is 462 g/mol. The number of fused-ring (bicyclic) bond motifs is 1. The van der Waals surface area contributed by atoms with Gasteiger partial charge in [0.1, 0.15) is 5.75 Å². The first kappa shape index (κ1) is 24.5. The van der Waals surface area contributed by atoms with E-state index in [0.717, 1.165) is 50.9 Å². The SMILES string of the molecule is CC(=O)Oc1cccc(C23CCN(C)CC2CC[C@@H](N(CC(C)C)C(=O)c2ccccc2)C3)c1. The second-order valence-corrected chi connectivity index (χ2v) is 10.6. The van der Waals surface area contributed by atoms with E-state index in [1.807, 2.05) is 42.5 Å². The molecule has 34 heavy (non-hydrogen) atoms. The Morgan fingerprint density at radius 1 is 1.12 bits per heavy atom. The smallest absolute Gasteiger partial charge is 0.308 e. The Balaban J connectivity index is 1.69. The van der Waals surface area contributed by atoms with Gasteiger partial charge in [-0.3, -0.25) is 9.59 Å². The molecule has 0 bridgehead atoms. The van der Waals surface area contributed by atoms with Gasteiger partial charge in [-0.2, -0.15) is 0 Å². The summed E-state index contributed by atoms with van der Waals surface area (Å²) in [5, 5.41) is 0. The van der Waals surface area contributed by atoms with Crippen molar-refractivity contribution in [3.8, 4) is 5.75 Å². The first-order valence-electron chi connectivity index (χ1n) is 12.6. The second kappa shape index (κ2) is 10.3. The van der Waals surface area contributed by atoms with Crippen LogP contribution in [0.5, 0.6) is 5.75 Å². The summed E-state index contributed by atoms with van der Waals surface area (Å²) in [5.74, 6) is 1.36. The first-order valence-corrected chi connectivity index (χ1v) is 12.6. The Morgan fingerprint density at radius 3 is 2.59 bits per heavy atom. The summed E-state index contributed by atoms with van der Waals surface area (Å²) in [6.45, 7) is 8.65. The van der Waals surface area contributed by atoms with Crippen molar-refractivity contribution >= 4 is 11.9 Å². The van der Waals surface area contributed by atoms with Gasteiger partial charge in [-0.25, -0.2) is 0 Å². The predicted octanol–water partition coefficient (Wildman–Crippen LogP) is 5.15. The fourth-order valence-electron chi connectivity index (χ4n) is 6.13. The maximum atomic E-state index is 13.7. The van der Waals surface area contributed by atoms with Crippen LogP contribution in [0.1, 0.15) is 62.4 Å². The van der Waals surface area contributed by atoms with Gasteiger partial charge < -0.3 is 14.5 Å². The zero-order chi connectivity index (χ0) is 24.3. The fraction of sp³-hybridized carbons (Fsp3) is 0.517. The molecule has 1 aliphatic carbocycles. The van der Waals surface area contributed by atoms with Crippen molar-refractivity contribution in [1.82, 2.24) is 9.80 Å². The lowest BCUT2D eigenvalue weighted by Gasteiger charge is -2.54. The molecule has 0 radical (unpaired) electrons. The molecule has 3 atom stereocenters. The average molecular weight is 463 g/mol. The van der Waals surface area contributed by atoms with E-state index in [4.69, 9.17) is 4.74 Å². The van der Waals surface area contributed by atoms with E-state index in [2.05, 4.69) is 42.8 Å². The molecule has 0 N–H and O–H groups in total. The zero-order valence-corrected chi connectivity index (χ0v) is 21.0. The van der Waals surface area contributed by atoms with E-state index in [1.165, 1.54) is 12.5 Å². The van der Waals surface area contributed by atoms with Crippen molar-refractivity contribution in [2.24, 2.45) is 11.8 Å². The normalized spacial score (nSPS) is 25.0. The third kappa shape index (κ3) is 5.20. The topological polar surface area (TPSA) is 49.9 Å². The van der Waals surface area contributed by atoms with Gasteiger partial charge in [-0.1, -0.05) is 44.2 Å². The molecule has 0 spiro atoms. The van der Waals surface area contributed by atoms with Crippen LogP contribution in [0.25, 0.3) is 0 Å². The highest BCUT2D eigenvalue weighted by atomic mass is 16.5. The molecule has 0 aromatic heterocycles. The van der Waals surface area contributed by atoms with Crippen LogP contribution < -0.4 is 4.74 Å². The van der Waals surface area contributed by atoms with Crippen LogP contribution in [0, 0.1) is 11.8 Å². The van der Waals surface area contributed by atoms with Gasteiger partial charge in [0.15, 0.2) is 0 Å². The van der Waals surface area contributed by atoms with Crippen molar-refractivity contribution in [3.63, 3.8) is 0 Å². The van der Waals surface area contributed by atoms with Crippen molar-refractivity contribution in [2.45, 2.75) is 57.9 Å². The molecule has 1 amide bonds. The van der Waals surface area contributed by atoms with E-state index >= 15 is 0 Å². The summed E-state index contributed by atoms with van der Waals surface area (Å²) in [6, 6.07) is 18.0. The van der Waals surface area contributed by atoms with Gasteiger partial charge >= 0.3 is 5.97 Å². The van der Waals surface area contributed by atoms with Crippen molar-refractivity contribution in [2.75, 3.05) is 26.7 Å². The van der Waals surface area contributed by atoms with E-state index in [1.54, 1.807) is 0 Å². The summed E-state index contributed by atoms with van der Waals surface area (Å²) in [4.78, 5) is 29.8. The summed E-state index contributed by atoms with van der Waals surface area (Å²) >= 11 is 0. The highest BCUT2D eigenvalue weighted by Crippen LogP contribution is 2.50. The van der Waals surface area contributed by atoms with Gasteiger partial charge in [-0.15, -0.1) is 0 Å². The van der Waals surface area contributed by atoms with E-state index in [-0.39, 0.29) is 23.3 Å². The molecule has 1 saturated heterocycles. The number of ether oxygens (including phenoxy) is 1. The molecule has 4 rings (SSSR count). The van der Waals surface area contributed by atoms with Gasteiger partial charge in [0.2, 0.25) is 0 Å². The summed E-state index contributed by atoms with van der Waals surface area (Å²) < 4.78 is 5.45. The summed E-state index contributed by atoms with van der Waals surface area (Å²) in [7, 11) is 2.20. The Labute approximate surface area is 204 Å². The third-order valence-electron chi connectivity index (χ3n) is 7.66. The van der Waals surface area contributed by atoms with Crippen molar-refractivity contribution in [1.29, 1.82) is 0 Å². The first-order chi connectivity index (χ1) is 16.3. The van der Waals surface area contributed by atoms with Crippen LogP contribution in [-0.2, 0) is 10.2 Å².